The molecule has 1 N–H and O–H groups in total. The van der Waals surface area contributed by atoms with E-state index in [-0.39, 0.29) is 11.8 Å². The van der Waals surface area contributed by atoms with Crippen LogP contribution in [0.25, 0.3) is 11.5 Å². The average molecular weight is 405 g/mol. The van der Waals surface area contributed by atoms with Crippen LogP contribution in [0.4, 0.5) is 5.82 Å². The first-order valence-electron chi connectivity index (χ1n) is 9.37. The van der Waals surface area contributed by atoms with Gasteiger partial charge in [0.1, 0.15) is 23.6 Å². The van der Waals surface area contributed by atoms with Gasteiger partial charge in [-0.1, -0.05) is 0 Å². The maximum Gasteiger partial charge on any atom is 0.226 e. The molecule has 1 aliphatic rings. The summed E-state index contributed by atoms with van der Waals surface area (Å²) in [6, 6.07) is 9.25. The van der Waals surface area contributed by atoms with Crippen LogP contribution in [0.15, 0.2) is 36.7 Å². The molecule has 1 aliphatic heterocycles. The molecule has 0 fully saturated rings. The van der Waals surface area contributed by atoms with E-state index in [9.17, 15) is 4.79 Å². The molecular formula is C20H19N7O3. The average Bonchev–Trinajstić information content (AvgIpc) is 3.36. The van der Waals surface area contributed by atoms with Gasteiger partial charge in [0.25, 0.3) is 0 Å². The third kappa shape index (κ3) is 2.84. The van der Waals surface area contributed by atoms with E-state index in [1.165, 1.54) is 6.33 Å². The van der Waals surface area contributed by atoms with Gasteiger partial charge in [-0.15, -0.1) is 15.3 Å². The topological polar surface area (TPSA) is 108 Å². The van der Waals surface area contributed by atoms with Crippen molar-refractivity contribution in [3.8, 4) is 17.3 Å². The Hall–Kier alpha value is -3.95. The fraction of sp³-hybridized carbons (Fsp3) is 0.250. The highest BCUT2D eigenvalue weighted by atomic mass is 16.5. The van der Waals surface area contributed by atoms with Gasteiger partial charge in [-0.05, 0) is 36.8 Å². The monoisotopic (exact) mass is 405 g/mol. The molecule has 1 atom stereocenters. The molecule has 152 valence electrons. The molecular weight excluding hydrogens is 386 g/mol. The second-order valence-corrected chi connectivity index (χ2v) is 7.04. The Kier molecular flexibility index (Phi) is 4.12. The lowest BCUT2D eigenvalue weighted by Crippen LogP contribution is -2.25. The number of carbonyl (C=O) groups is 1. The van der Waals surface area contributed by atoms with Crippen LogP contribution < -0.4 is 14.8 Å². The number of methoxy groups -OCH3 is 2. The van der Waals surface area contributed by atoms with E-state index >= 15 is 0 Å². The summed E-state index contributed by atoms with van der Waals surface area (Å²) >= 11 is 0. The number of nitrogens with one attached hydrogen (secondary N) is 1. The van der Waals surface area contributed by atoms with Gasteiger partial charge in [-0.3, -0.25) is 4.79 Å². The standard InChI is InChI=1S/C20H19N7O3/c1-11-19-15(12-6-13(29-2)8-14(7-12)30-3)9-18(28)22-20(19)27(24-11)17-5-4-16-23-21-10-26(16)25-17/h4-8,10,15H,9H2,1-3H3,(H,22,28). The molecule has 1 amide bonds. The third-order valence-electron chi connectivity index (χ3n) is 5.24. The minimum atomic E-state index is -0.190. The van der Waals surface area contributed by atoms with Crippen LogP contribution in [0.2, 0.25) is 0 Å². The first-order valence-corrected chi connectivity index (χ1v) is 9.37. The Labute approximate surface area is 171 Å². The summed E-state index contributed by atoms with van der Waals surface area (Å²) in [5.74, 6) is 2.21. The maximum atomic E-state index is 12.6. The highest BCUT2D eigenvalue weighted by Crippen LogP contribution is 2.41. The highest BCUT2D eigenvalue weighted by molar-refractivity contribution is 5.95. The number of fused-ring (bicyclic) bond motifs is 2. The predicted molar refractivity (Wildman–Crippen MR) is 107 cm³/mol. The van der Waals surface area contributed by atoms with Crippen LogP contribution in [0.3, 0.4) is 0 Å². The molecule has 0 aliphatic carbocycles. The lowest BCUT2D eigenvalue weighted by atomic mass is 9.85. The number of rotatable bonds is 4. The maximum absolute atomic E-state index is 12.6. The Morgan fingerprint density at radius 3 is 2.60 bits per heavy atom. The zero-order valence-corrected chi connectivity index (χ0v) is 16.7. The van der Waals surface area contributed by atoms with E-state index in [0.29, 0.717) is 35.2 Å². The van der Waals surface area contributed by atoms with Crippen LogP contribution in [-0.2, 0) is 4.79 Å². The Morgan fingerprint density at radius 2 is 1.87 bits per heavy atom. The number of ether oxygens (including phenoxy) is 2. The van der Waals surface area contributed by atoms with E-state index < -0.39 is 0 Å². The number of hydrogen-bond donors (Lipinski definition) is 1. The molecule has 5 rings (SSSR count). The van der Waals surface area contributed by atoms with E-state index in [2.05, 4.69) is 25.7 Å². The Bertz CT molecular complexity index is 1250. The van der Waals surface area contributed by atoms with Crippen LogP contribution in [0, 0.1) is 6.92 Å². The quantitative estimate of drug-likeness (QED) is 0.554. The molecule has 3 aromatic heterocycles. The summed E-state index contributed by atoms with van der Waals surface area (Å²) in [4.78, 5) is 12.6. The van der Waals surface area contributed by atoms with Crippen molar-refractivity contribution in [1.29, 1.82) is 0 Å². The van der Waals surface area contributed by atoms with E-state index in [1.54, 1.807) is 35.5 Å². The van der Waals surface area contributed by atoms with Crippen molar-refractivity contribution in [2.45, 2.75) is 19.3 Å². The molecule has 0 saturated heterocycles. The number of nitrogens with zero attached hydrogens (tertiary/aromatic N) is 6. The van der Waals surface area contributed by atoms with Gasteiger partial charge in [0.05, 0.1) is 19.9 Å². The Morgan fingerprint density at radius 1 is 1.10 bits per heavy atom. The first kappa shape index (κ1) is 18.1. The van der Waals surface area contributed by atoms with Gasteiger partial charge in [0.15, 0.2) is 11.5 Å². The molecule has 0 spiro atoms. The lowest BCUT2D eigenvalue weighted by Gasteiger charge is -2.25. The van der Waals surface area contributed by atoms with Crippen molar-refractivity contribution in [3.05, 3.63) is 53.5 Å². The minimum absolute atomic E-state index is 0.0965. The zero-order chi connectivity index (χ0) is 20.8. The lowest BCUT2D eigenvalue weighted by molar-refractivity contribution is -0.116. The smallest absolute Gasteiger partial charge is 0.226 e. The zero-order valence-electron chi connectivity index (χ0n) is 16.7. The molecule has 0 bridgehead atoms. The summed E-state index contributed by atoms with van der Waals surface area (Å²) in [6.07, 6.45) is 1.82. The number of anilines is 1. The summed E-state index contributed by atoms with van der Waals surface area (Å²) in [7, 11) is 3.21. The predicted octanol–water partition coefficient (Wildman–Crippen LogP) is 2.11. The SMILES string of the molecule is COc1cc(OC)cc(C2CC(=O)Nc3c2c(C)nn3-c2ccc3nncn3n2)c1. The highest BCUT2D eigenvalue weighted by Gasteiger charge is 2.33. The summed E-state index contributed by atoms with van der Waals surface area (Å²) in [5, 5.41) is 20.0. The van der Waals surface area contributed by atoms with Gasteiger partial charge < -0.3 is 14.8 Å². The van der Waals surface area contributed by atoms with Crippen LogP contribution >= 0.6 is 0 Å². The third-order valence-corrected chi connectivity index (χ3v) is 5.24. The molecule has 1 aromatic carbocycles. The van der Waals surface area contributed by atoms with Crippen LogP contribution in [-0.4, -0.2) is 49.7 Å². The molecule has 30 heavy (non-hydrogen) atoms. The van der Waals surface area contributed by atoms with E-state index in [4.69, 9.17) is 9.47 Å². The number of amides is 1. The number of benzene rings is 1. The number of hydrogen-bond acceptors (Lipinski definition) is 7. The summed E-state index contributed by atoms with van der Waals surface area (Å²) in [6.45, 7) is 1.93. The molecule has 1 unspecified atom stereocenters. The van der Waals surface area contributed by atoms with Crippen LogP contribution in [0.1, 0.15) is 29.2 Å². The molecule has 4 aromatic rings. The fourth-order valence-electron chi connectivity index (χ4n) is 3.86. The van der Waals surface area contributed by atoms with Gasteiger partial charge in [-0.25, -0.2) is 0 Å². The largest absolute Gasteiger partial charge is 0.497 e. The van der Waals surface area contributed by atoms with Gasteiger partial charge in [0.2, 0.25) is 5.91 Å². The van der Waals surface area contributed by atoms with Crippen molar-refractivity contribution in [2.24, 2.45) is 0 Å². The van der Waals surface area contributed by atoms with E-state index in [0.717, 1.165) is 16.8 Å². The first-order chi connectivity index (χ1) is 14.6. The number of aromatic nitrogens is 6. The fourth-order valence-corrected chi connectivity index (χ4v) is 3.86. The van der Waals surface area contributed by atoms with Gasteiger partial charge in [-0.2, -0.15) is 14.3 Å². The molecule has 0 saturated carbocycles. The Balaban J connectivity index is 1.66. The van der Waals surface area contributed by atoms with Crippen molar-refractivity contribution in [2.75, 3.05) is 19.5 Å². The second-order valence-electron chi connectivity index (χ2n) is 7.04. The molecule has 4 heterocycles. The minimum Gasteiger partial charge on any atom is -0.497 e. The normalized spacial score (nSPS) is 15.7. The van der Waals surface area contributed by atoms with Crippen molar-refractivity contribution in [1.82, 2.24) is 29.6 Å². The summed E-state index contributed by atoms with van der Waals surface area (Å²) < 4.78 is 14.0. The molecule has 0 radical (unpaired) electrons. The van der Waals surface area contributed by atoms with Gasteiger partial charge in [0, 0.05) is 24.0 Å². The second kappa shape index (κ2) is 6.83. The molecule has 10 nitrogen and oxygen atoms in total. The van der Waals surface area contributed by atoms with Crippen molar-refractivity contribution in [3.63, 3.8) is 0 Å². The van der Waals surface area contributed by atoms with Gasteiger partial charge >= 0.3 is 0 Å². The van der Waals surface area contributed by atoms with Crippen molar-refractivity contribution < 1.29 is 14.3 Å². The number of aryl methyl sites for hydroxylation is 1. The number of carbonyl (C=O) groups excluding carboxylic acids is 1. The van der Waals surface area contributed by atoms with Crippen molar-refractivity contribution >= 4 is 17.4 Å². The van der Waals surface area contributed by atoms with E-state index in [1.807, 2.05) is 25.1 Å². The summed E-state index contributed by atoms with van der Waals surface area (Å²) in [5.41, 5.74) is 3.30. The molecule has 10 heteroatoms. The van der Waals surface area contributed by atoms with Crippen LogP contribution in [0.5, 0.6) is 11.5 Å².